The van der Waals surface area contributed by atoms with Gasteiger partial charge in [0.25, 0.3) is 11.4 Å². The number of nitrogens with zero attached hydrogens (tertiary/aromatic N) is 3. The molecule has 130 valence electrons. The monoisotopic (exact) mass is 409 g/mol. The zero-order valence-electron chi connectivity index (χ0n) is 13.0. The van der Waals surface area contributed by atoms with Crippen LogP contribution in [-0.2, 0) is 15.1 Å². The third kappa shape index (κ3) is 1.81. The van der Waals surface area contributed by atoms with Gasteiger partial charge in [-0.25, -0.2) is 0 Å². The largest absolute Gasteiger partial charge is 0.372 e. The van der Waals surface area contributed by atoms with Gasteiger partial charge in [0.15, 0.2) is 5.78 Å². The summed E-state index contributed by atoms with van der Waals surface area (Å²) in [5, 5.41) is 22.5. The van der Waals surface area contributed by atoms with E-state index in [0.717, 1.165) is 6.07 Å². The molecule has 2 saturated heterocycles. The highest BCUT2D eigenvalue weighted by atomic mass is 79.9. The average Bonchev–Trinajstić information content (AvgIpc) is 3.13. The number of non-ortho nitro benzene ring substituents is 1. The number of benzene rings is 1. The van der Waals surface area contributed by atoms with Crippen molar-refractivity contribution in [1.29, 1.82) is 0 Å². The van der Waals surface area contributed by atoms with Gasteiger partial charge in [0.2, 0.25) is 0 Å². The highest BCUT2D eigenvalue weighted by Gasteiger charge is 2.81. The number of hydrogen-bond acceptors (Lipinski definition) is 7. The smallest absolute Gasteiger partial charge is 0.281 e. The summed E-state index contributed by atoms with van der Waals surface area (Å²) in [6.45, 7) is 0.551. The Morgan fingerprint density at radius 1 is 1.32 bits per heavy atom. The van der Waals surface area contributed by atoms with Gasteiger partial charge < -0.3 is 4.74 Å². The Hall–Kier alpha value is -2.17. The zero-order valence-corrected chi connectivity index (χ0v) is 14.6. The van der Waals surface area contributed by atoms with E-state index in [2.05, 4.69) is 15.9 Å². The van der Waals surface area contributed by atoms with Crippen LogP contribution in [0, 0.1) is 20.2 Å². The lowest BCUT2D eigenvalue weighted by Crippen LogP contribution is -2.46. The number of ether oxygens (including phenoxy) is 1. The standard InChI is InChI=1S/C15H12BrN3O6/c1-25-14-4-5-17-13(14)15(17,12(20)10(16)7-14)9-3-2-8(18(21)22)6-11(9)19(23)24/h2-3,6-7,13H,4-5H2,1H3/t13-,14+,15+,17?/m0/s1. The molecular weight excluding hydrogens is 398 g/mol. The van der Waals surface area contributed by atoms with E-state index in [9.17, 15) is 25.0 Å². The van der Waals surface area contributed by atoms with Crippen LogP contribution in [0.4, 0.5) is 11.4 Å². The Kier molecular flexibility index (Phi) is 3.22. The zero-order chi connectivity index (χ0) is 18.1. The first-order valence-electron chi connectivity index (χ1n) is 7.48. The first-order valence-corrected chi connectivity index (χ1v) is 8.27. The van der Waals surface area contributed by atoms with E-state index in [1.807, 2.05) is 4.90 Å². The minimum absolute atomic E-state index is 0.171. The van der Waals surface area contributed by atoms with Crippen LogP contribution in [0.3, 0.4) is 0 Å². The van der Waals surface area contributed by atoms with Crippen molar-refractivity contribution in [3.63, 3.8) is 0 Å². The van der Waals surface area contributed by atoms with Crippen molar-refractivity contribution in [3.05, 3.63) is 54.5 Å². The number of fused-ring (bicyclic) bond motifs is 1. The molecule has 0 N–H and O–H groups in total. The maximum atomic E-state index is 13.0. The summed E-state index contributed by atoms with van der Waals surface area (Å²) in [5.74, 6) is -0.290. The van der Waals surface area contributed by atoms with E-state index >= 15 is 0 Å². The molecule has 0 amide bonds. The number of carbonyl (C=O) groups excluding carboxylic acids is 1. The topological polar surface area (TPSA) is 116 Å². The Balaban J connectivity index is 1.94. The number of methoxy groups -OCH3 is 1. The highest BCUT2D eigenvalue weighted by molar-refractivity contribution is 9.12. The number of hydrogen-bond donors (Lipinski definition) is 0. The third-order valence-corrected chi connectivity index (χ3v) is 6.00. The Bertz CT molecular complexity index is 886. The fourth-order valence-corrected chi connectivity index (χ4v) is 5.06. The summed E-state index contributed by atoms with van der Waals surface area (Å²) < 4.78 is 5.98. The molecule has 0 saturated carbocycles. The van der Waals surface area contributed by atoms with Gasteiger partial charge in [-0.15, -0.1) is 0 Å². The van der Waals surface area contributed by atoms with E-state index in [4.69, 9.17) is 4.74 Å². The van der Waals surface area contributed by atoms with Crippen molar-refractivity contribution < 1.29 is 19.4 Å². The molecule has 25 heavy (non-hydrogen) atoms. The Morgan fingerprint density at radius 3 is 2.64 bits per heavy atom. The van der Waals surface area contributed by atoms with Crippen LogP contribution >= 0.6 is 15.9 Å². The Morgan fingerprint density at radius 2 is 2.04 bits per heavy atom. The van der Waals surface area contributed by atoms with Crippen LogP contribution in [0.25, 0.3) is 0 Å². The van der Waals surface area contributed by atoms with Crippen molar-refractivity contribution in [2.75, 3.05) is 13.7 Å². The van der Waals surface area contributed by atoms with Crippen molar-refractivity contribution in [3.8, 4) is 0 Å². The average molecular weight is 410 g/mol. The van der Waals surface area contributed by atoms with Gasteiger partial charge in [-0.3, -0.25) is 29.9 Å². The van der Waals surface area contributed by atoms with E-state index in [1.54, 1.807) is 13.2 Å². The van der Waals surface area contributed by atoms with Gasteiger partial charge in [-0.1, -0.05) is 0 Å². The second-order valence-corrected chi connectivity index (χ2v) is 7.16. The van der Waals surface area contributed by atoms with Gasteiger partial charge in [0.1, 0.15) is 11.1 Å². The SMILES string of the molecule is CO[C@]12C=C(Br)C(=O)[C@]3(c4ccc([N+](=O)[O-])cc4[N+](=O)[O-])[C@H]1N3CC2. The molecule has 0 bridgehead atoms. The predicted octanol–water partition coefficient (Wildman–Crippen LogP) is 2.03. The highest BCUT2D eigenvalue weighted by Crippen LogP contribution is 2.66. The molecule has 0 spiro atoms. The van der Waals surface area contributed by atoms with Gasteiger partial charge in [0.05, 0.1) is 32.0 Å². The molecule has 2 heterocycles. The van der Waals surface area contributed by atoms with Crippen LogP contribution in [-0.4, -0.2) is 45.8 Å². The van der Waals surface area contributed by atoms with Crippen LogP contribution in [0.2, 0.25) is 0 Å². The molecule has 1 aromatic rings. The van der Waals surface area contributed by atoms with Gasteiger partial charge >= 0.3 is 0 Å². The molecule has 1 unspecified atom stereocenters. The molecule has 3 aliphatic rings. The van der Waals surface area contributed by atoms with Gasteiger partial charge in [-0.05, 0) is 34.5 Å². The summed E-state index contributed by atoms with van der Waals surface area (Å²) >= 11 is 3.26. The number of halogens is 1. The number of nitro groups is 2. The predicted molar refractivity (Wildman–Crippen MR) is 88.3 cm³/mol. The summed E-state index contributed by atoms with van der Waals surface area (Å²) in [4.78, 5) is 36.0. The molecule has 9 nitrogen and oxygen atoms in total. The molecule has 10 heteroatoms. The lowest BCUT2D eigenvalue weighted by atomic mass is 9.76. The molecule has 1 aliphatic carbocycles. The summed E-state index contributed by atoms with van der Waals surface area (Å²) in [7, 11) is 1.55. The minimum Gasteiger partial charge on any atom is -0.372 e. The molecule has 0 aromatic heterocycles. The molecule has 2 aliphatic heterocycles. The van der Waals surface area contributed by atoms with Gasteiger partial charge in [0, 0.05) is 19.7 Å². The number of rotatable bonds is 4. The summed E-state index contributed by atoms with van der Waals surface area (Å²) in [5.41, 5.74) is -2.56. The van der Waals surface area contributed by atoms with Gasteiger partial charge in [-0.2, -0.15) is 0 Å². The van der Waals surface area contributed by atoms with Crippen LogP contribution in [0.15, 0.2) is 28.8 Å². The number of carbonyl (C=O) groups is 1. The molecule has 4 rings (SSSR count). The van der Waals surface area contributed by atoms with Crippen molar-refractivity contribution in [1.82, 2.24) is 4.90 Å². The fraction of sp³-hybridized carbons (Fsp3) is 0.400. The van der Waals surface area contributed by atoms with E-state index < -0.39 is 26.7 Å². The van der Waals surface area contributed by atoms with Crippen molar-refractivity contribution in [2.45, 2.75) is 23.6 Å². The van der Waals surface area contributed by atoms with E-state index in [-0.39, 0.29) is 23.1 Å². The Labute approximate surface area is 149 Å². The van der Waals surface area contributed by atoms with E-state index in [1.165, 1.54) is 12.1 Å². The van der Waals surface area contributed by atoms with Crippen molar-refractivity contribution in [2.24, 2.45) is 0 Å². The quantitative estimate of drug-likeness (QED) is 0.424. The second kappa shape index (κ2) is 4.93. The number of piperidine rings is 1. The molecule has 1 aromatic carbocycles. The molecular formula is C15H12BrN3O6. The maximum Gasteiger partial charge on any atom is 0.281 e. The lowest BCUT2D eigenvalue weighted by Gasteiger charge is -2.33. The minimum atomic E-state index is -1.21. The normalized spacial score (nSPS) is 35.1. The van der Waals surface area contributed by atoms with Crippen molar-refractivity contribution >= 4 is 33.1 Å². The molecule has 4 atom stereocenters. The maximum absolute atomic E-state index is 13.0. The molecule has 2 fully saturated rings. The van der Waals surface area contributed by atoms with Crippen LogP contribution in [0.5, 0.6) is 0 Å². The summed E-state index contributed by atoms with van der Waals surface area (Å²) in [6, 6.07) is 3.07. The van der Waals surface area contributed by atoms with Crippen LogP contribution in [0.1, 0.15) is 12.0 Å². The first-order chi connectivity index (χ1) is 11.8. The number of Topliss-reactive ketones (excluding diaryl/α,β-unsaturated/α-hetero) is 1. The van der Waals surface area contributed by atoms with E-state index in [0.29, 0.717) is 17.4 Å². The fourth-order valence-electron chi connectivity index (χ4n) is 4.37. The second-order valence-electron chi connectivity index (χ2n) is 6.31. The third-order valence-electron chi connectivity index (χ3n) is 5.41. The number of nitro benzene ring substituents is 2. The van der Waals surface area contributed by atoms with Crippen LogP contribution < -0.4 is 0 Å². The first kappa shape index (κ1) is 16.3. The lowest BCUT2D eigenvalue weighted by molar-refractivity contribution is -0.394. The molecule has 0 radical (unpaired) electrons. The summed E-state index contributed by atoms with van der Waals surface area (Å²) in [6.07, 6.45) is 2.39. The number of ketones is 1.